The zero-order valence-electron chi connectivity index (χ0n) is 23.3. The van der Waals surface area contributed by atoms with Gasteiger partial charge in [-0.2, -0.15) is 0 Å². The molecule has 2 unspecified atom stereocenters. The second-order valence-electron chi connectivity index (χ2n) is 10.7. The third-order valence-corrected chi connectivity index (χ3v) is 5.91. The second-order valence-corrected chi connectivity index (χ2v) is 10.7. The van der Waals surface area contributed by atoms with Crippen LogP contribution >= 0.6 is 0 Å². The van der Waals surface area contributed by atoms with E-state index in [0.29, 0.717) is 11.3 Å². The van der Waals surface area contributed by atoms with Crippen molar-refractivity contribution in [3.05, 3.63) is 77.4 Å². The highest BCUT2D eigenvalue weighted by molar-refractivity contribution is 5.99. The molecule has 2 aromatic rings. The molecule has 0 bridgehead atoms. The van der Waals surface area contributed by atoms with E-state index in [1.807, 2.05) is 77.1 Å². The number of ether oxygens (including phenoxy) is 1. The molecule has 0 radical (unpaired) electrons. The number of carbonyl (C=O) groups excluding carboxylic acids is 3. The van der Waals surface area contributed by atoms with Crippen molar-refractivity contribution in [3.63, 3.8) is 0 Å². The minimum Gasteiger partial charge on any atom is -0.444 e. The summed E-state index contributed by atoms with van der Waals surface area (Å²) >= 11 is 0. The van der Waals surface area contributed by atoms with Gasteiger partial charge in [-0.15, -0.1) is 6.58 Å². The number of hydrogen-bond donors (Lipinski definition) is 2. The Hall–Kier alpha value is -3.61. The number of rotatable bonds is 9. The average Bonchev–Trinajstić information content (AvgIpc) is 2.79. The molecule has 2 aromatic carbocycles. The lowest BCUT2D eigenvalue weighted by atomic mass is 9.94. The number of hydrogen-bond acceptors (Lipinski definition) is 4. The molecule has 7 heteroatoms. The summed E-state index contributed by atoms with van der Waals surface area (Å²) in [5.41, 5.74) is 3.40. The Kier molecular flexibility index (Phi) is 10.1. The van der Waals surface area contributed by atoms with E-state index in [0.717, 1.165) is 16.7 Å². The molecular formula is C30H41N3O4. The molecule has 7 nitrogen and oxygen atoms in total. The Labute approximate surface area is 221 Å². The van der Waals surface area contributed by atoms with Crippen LogP contribution in [0.3, 0.4) is 0 Å². The van der Waals surface area contributed by atoms with Crippen molar-refractivity contribution in [1.29, 1.82) is 0 Å². The van der Waals surface area contributed by atoms with Crippen LogP contribution in [-0.4, -0.2) is 41.0 Å². The summed E-state index contributed by atoms with van der Waals surface area (Å²) in [5.74, 6) is -1.00. The number of benzene rings is 2. The van der Waals surface area contributed by atoms with Crippen LogP contribution in [0, 0.1) is 26.7 Å². The van der Waals surface area contributed by atoms with Gasteiger partial charge in [-0.3, -0.25) is 9.59 Å². The first-order chi connectivity index (χ1) is 17.2. The zero-order valence-corrected chi connectivity index (χ0v) is 23.3. The third kappa shape index (κ3) is 8.20. The molecule has 0 aliphatic rings. The summed E-state index contributed by atoms with van der Waals surface area (Å²) in [6.07, 6.45) is 0.896. The molecule has 3 amide bonds. The summed E-state index contributed by atoms with van der Waals surface area (Å²) in [6, 6.07) is 11.5. The SMILES string of the molecule is C=CCN(C(=O)C(NC(=O)OC(C)(C)C)C(C)C)C(C(=O)Nc1ccccc1C)c1cc(C)ccc1C. The van der Waals surface area contributed by atoms with Gasteiger partial charge in [0.1, 0.15) is 17.7 Å². The maximum Gasteiger partial charge on any atom is 0.408 e. The molecule has 2 N–H and O–H groups in total. The summed E-state index contributed by atoms with van der Waals surface area (Å²) in [4.78, 5) is 42.0. The predicted molar refractivity (Wildman–Crippen MR) is 148 cm³/mol. The lowest BCUT2D eigenvalue weighted by Gasteiger charge is -2.35. The van der Waals surface area contributed by atoms with Gasteiger partial charge in [0.25, 0.3) is 5.91 Å². The summed E-state index contributed by atoms with van der Waals surface area (Å²) in [5, 5.41) is 5.73. The Morgan fingerprint density at radius 2 is 1.68 bits per heavy atom. The van der Waals surface area contributed by atoms with Crippen LogP contribution in [0.5, 0.6) is 0 Å². The quantitative estimate of drug-likeness (QED) is 0.417. The normalized spacial score (nSPS) is 12.9. The predicted octanol–water partition coefficient (Wildman–Crippen LogP) is 5.86. The lowest BCUT2D eigenvalue weighted by molar-refractivity contribution is -0.141. The first-order valence-electron chi connectivity index (χ1n) is 12.6. The van der Waals surface area contributed by atoms with E-state index in [9.17, 15) is 14.4 Å². The van der Waals surface area contributed by atoms with Crippen molar-refractivity contribution in [3.8, 4) is 0 Å². The fourth-order valence-electron chi connectivity index (χ4n) is 4.01. The van der Waals surface area contributed by atoms with Gasteiger partial charge >= 0.3 is 6.09 Å². The van der Waals surface area contributed by atoms with E-state index < -0.39 is 29.7 Å². The highest BCUT2D eigenvalue weighted by atomic mass is 16.6. The topological polar surface area (TPSA) is 87.7 Å². The van der Waals surface area contributed by atoms with E-state index in [1.165, 1.54) is 4.90 Å². The third-order valence-electron chi connectivity index (χ3n) is 5.91. The van der Waals surface area contributed by atoms with Gasteiger partial charge in [-0.1, -0.05) is 61.9 Å². The van der Waals surface area contributed by atoms with Crippen molar-refractivity contribution in [2.24, 2.45) is 5.92 Å². The number of para-hydroxylation sites is 1. The van der Waals surface area contributed by atoms with Gasteiger partial charge < -0.3 is 20.3 Å². The minimum absolute atomic E-state index is 0.108. The second kappa shape index (κ2) is 12.6. The van der Waals surface area contributed by atoms with Gasteiger partial charge in [0.15, 0.2) is 0 Å². The fourth-order valence-corrected chi connectivity index (χ4v) is 4.01. The average molecular weight is 508 g/mol. The number of alkyl carbamates (subject to hydrolysis) is 1. The minimum atomic E-state index is -0.952. The number of aryl methyl sites for hydroxylation is 3. The van der Waals surface area contributed by atoms with E-state index >= 15 is 0 Å². The van der Waals surface area contributed by atoms with Crippen molar-refractivity contribution >= 4 is 23.6 Å². The Balaban J connectivity index is 2.56. The Morgan fingerprint density at radius 1 is 1.03 bits per heavy atom. The van der Waals surface area contributed by atoms with Crippen LogP contribution < -0.4 is 10.6 Å². The first kappa shape index (κ1) is 29.6. The smallest absolute Gasteiger partial charge is 0.408 e. The molecule has 200 valence electrons. The van der Waals surface area contributed by atoms with E-state index in [-0.39, 0.29) is 18.4 Å². The summed E-state index contributed by atoms with van der Waals surface area (Å²) in [6.45, 7) is 18.7. The molecule has 2 rings (SSSR count). The van der Waals surface area contributed by atoms with Gasteiger partial charge in [0.2, 0.25) is 5.91 Å². The number of amides is 3. The molecule has 0 saturated heterocycles. The van der Waals surface area contributed by atoms with E-state index in [2.05, 4.69) is 17.2 Å². The fraction of sp³-hybridized carbons (Fsp3) is 0.433. The van der Waals surface area contributed by atoms with Crippen LogP contribution in [0.25, 0.3) is 0 Å². The molecule has 0 heterocycles. The van der Waals surface area contributed by atoms with Gasteiger partial charge in [0.05, 0.1) is 0 Å². The maximum atomic E-state index is 14.0. The van der Waals surface area contributed by atoms with Gasteiger partial charge in [-0.05, 0) is 70.2 Å². The monoisotopic (exact) mass is 507 g/mol. The van der Waals surface area contributed by atoms with Crippen molar-refractivity contribution < 1.29 is 19.1 Å². The summed E-state index contributed by atoms with van der Waals surface area (Å²) < 4.78 is 5.41. The standard InChI is InChI=1S/C30H41N3O4/c1-10-17-33(28(35)25(19(2)3)32-29(36)37-30(7,8)9)26(23-18-20(4)15-16-21(23)5)27(34)31-24-14-12-11-13-22(24)6/h10-16,18-19,25-26H,1,17H2,2-9H3,(H,31,34)(H,32,36). The molecule has 0 aliphatic heterocycles. The van der Waals surface area contributed by atoms with Crippen LogP contribution in [0.2, 0.25) is 0 Å². The molecule has 0 spiro atoms. The van der Waals surface area contributed by atoms with Crippen LogP contribution in [0.4, 0.5) is 10.5 Å². The highest BCUT2D eigenvalue weighted by Gasteiger charge is 2.37. The van der Waals surface area contributed by atoms with Crippen LogP contribution in [0.1, 0.15) is 62.9 Å². The lowest BCUT2D eigenvalue weighted by Crippen LogP contribution is -2.54. The number of anilines is 1. The van der Waals surface area contributed by atoms with Crippen molar-refractivity contribution in [2.75, 3.05) is 11.9 Å². The van der Waals surface area contributed by atoms with Gasteiger partial charge in [0, 0.05) is 12.2 Å². The number of carbonyl (C=O) groups is 3. The Morgan fingerprint density at radius 3 is 2.24 bits per heavy atom. The molecule has 0 fully saturated rings. The van der Waals surface area contributed by atoms with Gasteiger partial charge in [-0.25, -0.2) is 4.79 Å². The van der Waals surface area contributed by atoms with Crippen LogP contribution in [-0.2, 0) is 14.3 Å². The molecule has 0 saturated carbocycles. The highest BCUT2D eigenvalue weighted by Crippen LogP contribution is 2.29. The molecular weight excluding hydrogens is 466 g/mol. The summed E-state index contributed by atoms with van der Waals surface area (Å²) in [7, 11) is 0. The largest absolute Gasteiger partial charge is 0.444 e. The van der Waals surface area contributed by atoms with Crippen molar-refractivity contribution in [1.82, 2.24) is 10.2 Å². The molecule has 0 aliphatic carbocycles. The van der Waals surface area contributed by atoms with Crippen molar-refractivity contribution in [2.45, 2.75) is 73.1 Å². The molecule has 37 heavy (non-hydrogen) atoms. The number of nitrogens with zero attached hydrogens (tertiary/aromatic N) is 1. The molecule has 2 atom stereocenters. The van der Waals surface area contributed by atoms with E-state index in [4.69, 9.17) is 4.74 Å². The van der Waals surface area contributed by atoms with Crippen LogP contribution in [0.15, 0.2) is 55.1 Å². The number of nitrogens with one attached hydrogen (secondary N) is 2. The Bertz CT molecular complexity index is 1130. The first-order valence-corrected chi connectivity index (χ1v) is 12.6. The van der Waals surface area contributed by atoms with E-state index in [1.54, 1.807) is 26.8 Å². The zero-order chi connectivity index (χ0) is 27.9. The molecule has 0 aromatic heterocycles. The maximum absolute atomic E-state index is 14.0.